The Morgan fingerprint density at radius 2 is 1.75 bits per heavy atom. The van der Waals surface area contributed by atoms with E-state index in [1.54, 1.807) is 0 Å². The molecular formula is CHGdO2-. The van der Waals surface area contributed by atoms with Crippen LogP contribution in [-0.4, -0.2) is 11.6 Å². The van der Waals surface area contributed by atoms with Gasteiger partial charge in [-0.3, -0.25) is 0 Å². The molecule has 4 heavy (non-hydrogen) atoms. The molecule has 0 aromatic carbocycles. The molecule has 0 aromatic rings. The summed E-state index contributed by atoms with van der Waals surface area (Å²) in [7, 11) is 0. The number of hydrogen-bond acceptors (Lipinski definition) is 1. The van der Waals surface area contributed by atoms with Gasteiger partial charge in [0.05, 0.1) is 0 Å². The van der Waals surface area contributed by atoms with Gasteiger partial charge in [0.2, 0.25) is 0 Å². The van der Waals surface area contributed by atoms with Crippen LogP contribution in [0.4, 0.5) is 0 Å². The van der Waals surface area contributed by atoms with Crippen molar-refractivity contribution in [1.29, 1.82) is 0 Å². The van der Waals surface area contributed by atoms with Crippen LogP contribution in [0.15, 0.2) is 0 Å². The molecule has 0 spiro atoms. The minimum atomic E-state index is 0. The fourth-order valence-electron chi connectivity index (χ4n) is 0. The van der Waals surface area contributed by atoms with Gasteiger partial charge >= 0.3 is 0 Å². The van der Waals surface area contributed by atoms with Crippen LogP contribution in [-0.2, 0) is 4.79 Å². The second-order valence-corrected chi connectivity index (χ2v) is 0.0913. The monoisotopic (exact) mass is 203 g/mol. The van der Waals surface area contributed by atoms with Crippen molar-refractivity contribution in [3.63, 3.8) is 0 Å². The van der Waals surface area contributed by atoms with E-state index in [9.17, 15) is 0 Å². The topological polar surface area (TPSA) is 37.3 Å². The summed E-state index contributed by atoms with van der Waals surface area (Å²) in [5.41, 5.74) is 0. The largest absolute Gasteiger partial charge is 0.665 e. The van der Waals surface area contributed by atoms with Crippen molar-refractivity contribution in [2.24, 2.45) is 0 Å². The van der Waals surface area contributed by atoms with E-state index in [-0.39, 0.29) is 39.9 Å². The average molecular weight is 202 g/mol. The Hall–Kier alpha value is 0.795. The van der Waals surface area contributed by atoms with Crippen LogP contribution < -0.4 is 0 Å². The molecule has 26 valence electrons. The smallest absolute Gasteiger partial charge is 0 e. The Morgan fingerprint density at radius 1 is 1.75 bits per heavy atom. The first kappa shape index (κ1) is 8.84. The minimum Gasteiger partial charge on any atom is -0.665 e. The summed E-state index contributed by atoms with van der Waals surface area (Å²) in [6.07, 6.45) is 0. The minimum absolute atomic E-state index is 0. The molecule has 0 saturated carbocycles. The van der Waals surface area contributed by atoms with E-state index in [2.05, 4.69) is 0 Å². The summed E-state index contributed by atoms with van der Waals surface area (Å²) < 4.78 is 0. The second-order valence-electron chi connectivity index (χ2n) is 0.0913. The Kier molecular flexibility index (Phi) is 20.3. The van der Waals surface area contributed by atoms with Gasteiger partial charge in [0.1, 0.15) is 0 Å². The van der Waals surface area contributed by atoms with Crippen LogP contribution in [0, 0.1) is 39.9 Å². The molecule has 0 rings (SSSR count). The summed E-state index contributed by atoms with van der Waals surface area (Å²) in [5, 5.41) is 6.76. The van der Waals surface area contributed by atoms with Gasteiger partial charge in [-0.05, 0) is 0 Å². The molecule has 0 aliphatic rings. The predicted molar refractivity (Wildman–Crippen MR) is 8.32 cm³/mol. The standard InChI is InChI=1S/CHO2.Gd/c2-1-3;/h(H,2,3);/q-1;. The maximum Gasteiger partial charge on any atom is 0 e. The molecule has 0 aromatic heterocycles. The van der Waals surface area contributed by atoms with Crippen molar-refractivity contribution >= 4 is 6.47 Å². The fourth-order valence-corrected chi connectivity index (χ4v) is 0. The molecular weight excluding hydrogens is 201 g/mol. The normalized spacial score (nSPS) is 3.00. The molecule has 0 unspecified atom stereocenters. The first-order valence-corrected chi connectivity index (χ1v) is 0.428. The molecule has 0 aliphatic carbocycles. The Balaban J connectivity index is 0. The van der Waals surface area contributed by atoms with Crippen molar-refractivity contribution in [3.8, 4) is 0 Å². The second kappa shape index (κ2) is 9.20. The number of rotatable bonds is 0. The molecule has 2 nitrogen and oxygen atoms in total. The summed E-state index contributed by atoms with van der Waals surface area (Å²) in [6.45, 7) is 0.500. The van der Waals surface area contributed by atoms with Gasteiger partial charge in [-0.15, -0.1) is 0 Å². The third-order valence-corrected chi connectivity index (χ3v) is 0. The van der Waals surface area contributed by atoms with Gasteiger partial charge in [-0.2, -0.15) is 0 Å². The Morgan fingerprint density at radius 3 is 1.75 bits per heavy atom. The van der Waals surface area contributed by atoms with Gasteiger partial charge in [0, 0.05) is 39.9 Å². The Labute approximate surface area is 55.9 Å². The first-order chi connectivity index (χ1) is 1.41. The van der Waals surface area contributed by atoms with Gasteiger partial charge in [0.15, 0.2) is 0 Å². The maximum absolute atomic E-state index is 8.24. The van der Waals surface area contributed by atoms with Crippen molar-refractivity contribution in [2.45, 2.75) is 0 Å². The van der Waals surface area contributed by atoms with Gasteiger partial charge in [-0.1, -0.05) is 6.47 Å². The maximum atomic E-state index is 8.24. The molecule has 1 N–H and O–H groups in total. The van der Waals surface area contributed by atoms with Crippen molar-refractivity contribution in [1.82, 2.24) is 0 Å². The van der Waals surface area contributed by atoms with Crippen molar-refractivity contribution in [3.05, 3.63) is 0 Å². The van der Waals surface area contributed by atoms with Gasteiger partial charge in [-0.25, -0.2) is 0 Å². The average Bonchev–Trinajstić information content (AvgIpc) is 0.918. The number of hydrogen-bond donors (Lipinski definition) is 1. The van der Waals surface area contributed by atoms with Crippen LogP contribution in [0.3, 0.4) is 0 Å². The summed E-state index contributed by atoms with van der Waals surface area (Å²) in [4.78, 5) is 8.24. The van der Waals surface area contributed by atoms with Crippen LogP contribution in [0.5, 0.6) is 0 Å². The van der Waals surface area contributed by atoms with Crippen molar-refractivity contribution in [2.75, 3.05) is 0 Å². The van der Waals surface area contributed by atoms with Gasteiger partial charge in [0.25, 0.3) is 0 Å². The van der Waals surface area contributed by atoms with Gasteiger partial charge < -0.3 is 9.90 Å². The third kappa shape index (κ3) is 14.3. The van der Waals surface area contributed by atoms with Crippen LogP contribution in [0.1, 0.15) is 0 Å². The Bertz CT molecular complexity index is 13.5. The molecule has 0 fully saturated rings. The van der Waals surface area contributed by atoms with E-state index in [0.29, 0.717) is 6.47 Å². The van der Waals surface area contributed by atoms with E-state index >= 15 is 0 Å². The van der Waals surface area contributed by atoms with E-state index in [1.165, 1.54) is 0 Å². The molecule has 0 aliphatic heterocycles. The zero-order valence-corrected chi connectivity index (χ0v) is 3.98. The van der Waals surface area contributed by atoms with Crippen LogP contribution in [0.2, 0.25) is 0 Å². The quantitative estimate of drug-likeness (QED) is 0.543. The molecule has 0 bridgehead atoms. The molecule has 3 heteroatoms. The SMILES string of the molecule is O=[C-]O.[Gd]. The first-order valence-electron chi connectivity index (χ1n) is 0.428. The molecule has 0 saturated heterocycles. The summed E-state index contributed by atoms with van der Waals surface area (Å²) >= 11 is 0. The van der Waals surface area contributed by atoms with Crippen LogP contribution in [0.25, 0.3) is 0 Å². The third-order valence-electron chi connectivity index (χ3n) is 0. The molecule has 0 atom stereocenters. The molecule has 0 radical (unpaired) electrons. The van der Waals surface area contributed by atoms with E-state index < -0.39 is 0 Å². The van der Waals surface area contributed by atoms with E-state index in [1.807, 2.05) is 0 Å². The molecule has 0 heterocycles. The zero-order chi connectivity index (χ0) is 2.71. The molecule has 0 amide bonds. The number of aliphatic hydroxyl groups excluding tert-OH is 1. The summed E-state index contributed by atoms with van der Waals surface area (Å²) in [5.74, 6) is 0. The zero-order valence-electron chi connectivity index (χ0n) is 1.71. The van der Waals surface area contributed by atoms with E-state index in [4.69, 9.17) is 9.90 Å². The predicted octanol–water partition coefficient (Wildman–Crippen LogP) is -0.388. The van der Waals surface area contributed by atoms with Crippen molar-refractivity contribution < 1.29 is 49.8 Å². The van der Waals surface area contributed by atoms with E-state index in [0.717, 1.165) is 0 Å². The summed E-state index contributed by atoms with van der Waals surface area (Å²) in [6, 6.07) is 0. The fraction of sp³-hybridized carbons (Fsp3) is 0. The van der Waals surface area contributed by atoms with Crippen LogP contribution >= 0.6 is 0 Å².